The van der Waals surface area contributed by atoms with Crippen LogP contribution in [0.5, 0.6) is 0 Å². The highest BCUT2D eigenvalue weighted by Gasteiger charge is 2.51. The van der Waals surface area contributed by atoms with E-state index in [1.165, 1.54) is 6.92 Å². The molecule has 1 saturated heterocycles. The fourth-order valence-corrected chi connectivity index (χ4v) is 2.64. The molecule has 4 amide bonds. The van der Waals surface area contributed by atoms with Crippen molar-refractivity contribution < 1.29 is 27.6 Å². The molecule has 0 saturated carbocycles. The van der Waals surface area contributed by atoms with Crippen LogP contribution in [0.4, 0.5) is 19.3 Å². The minimum absolute atomic E-state index is 0.229. The largest absolute Gasteiger partial charge is 0.463 e. The Morgan fingerprint density at radius 1 is 1.27 bits per heavy atom. The first-order valence-corrected chi connectivity index (χ1v) is 7.66. The fraction of sp³-hybridized carbons (Fsp3) is 0.235. The van der Waals surface area contributed by atoms with Gasteiger partial charge in [-0.05, 0) is 38.1 Å². The van der Waals surface area contributed by atoms with Crippen molar-refractivity contribution in [3.8, 4) is 0 Å². The summed E-state index contributed by atoms with van der Waals surface area (Å²) >= 11 is 0. The second-order valence-corrected chi connectivity index (χ2v) is 6.03. The highest BCUT2D eigenvalue weighted by molar-refractivity contribution is 6.10. The Kier molecular flexibility index (Phi) is 4.23. The third-order valence-electron chi connectivity index (χ3n) is 4.01. The minimum atomic E-state index is -1.45. The molecule has 2 heterocycles. The van der Waals surface area contributed by atoms with Crippen molar-refractivity contribution in [1.29, 1.82) is 0 Å². The highest BCUT2D eigenvalue weighted by Crippen LogP contribution is 2.30. The Balaban J connectivity index is 1.75. The van der Waals surface area contributed by atoms with E-state index in [1.807, 2.05) is 0 Å². The molecule has 1 aliphatic rings. The number of hydrogen-bond donors (Lipinski definition) is 2. The smallest absolute Gasteiger partial charge is 0.325 e. The molecule has 1 aromatic heterocycles. The average Bonchev–Trinajstić information content (AvgIpc) is 3.09. The Hall–Kier alpha value is -3.23. The summed E-state index contributed by atoms with van der Waals surface area (Å²) in [6, 6.07) is 4.96. The zero-order valence-corrected chi connectivity index (χ0v) is 13.9. The molecule has 0 spiro atoms. The van der Waals surface area contributed by atoms with Gasteiger partial charge in [0.2, 0.25) is 5.91 Å². The first kappa shape index (κ1) is 17.6. The number of urea groups is 1. The van der Waals surface area contributed by atoms with Crippen LogP contribution in [-0.2, 0) is 15.1 Å². The summed E-state index contributed by atoms with van der Waals surface area (Å²) in [4.78, 5) is 37.5. The van der Waals surface area contributed by atoms with Gasteiger partial charge >= 0.3 is 6.03 Å². The molecule has 136 valence electrons. The Labute approximate surface area is 147 Å². The molecular formula is C17H15F2N3O4. The van der Waals surface area contributed by atoms with Crippen LogP contribution in [0.2, 0.25) is 0 Å². The van der Waals surface area contributed by atoms with E-state index < -0.39 is 41.6 Å². The van der Waals surface area contributed by atoms with Gasteiger partial charge in [0, 0.05) is 6.07 Å². The van der Waals surface area contributed by atoms with Gasteiger partial charge in [0.15, 0.2) is 5.54 Å². The summed E-state index contributed by atoms with van der Waals surface area (Å²) in [7, 11) is 0. The van der Waals surface area contributed by atoms with E-state index in [1.54, 1.807) is 19.1 Å². The lowest BCUT2D eigenvalue weighted by molar-refractivity contribution is -0.134. The van der Waals surface area contributed by atoms with E-state index in [0.29, 0.717) is 10.7 Å². The van der Waals surface area contributed by atoms with Crippen LogP contribution in [0, 0.1) is 18.6 Å². The molecule has 1 aliphatic heterocycles. The van der Waals surface area contributed by atoms with Gasteiger partial charge in [-0.1, -0.05) is 0 Å². The standard InChI is InChI=1S/C17H15F2N3O4/c1-9-3-6-13(26-9)17(2)15(24)22(16(25)21-17)8-14(23)20-12-7-10(18)4-5-11(12)19/h3-7H,8H2,1-2H3,(H,20,23)(H,21,25). The Morgan fingerprint density at radius 2 is 2.00 bits per heavy atom. The summed E-state index contributed by atoms with van der Waals surface area (Å²) < 4.78 is 32.2. The third-order valence-corrected chi connectivity index (χ3v) is 4.01. The minimum Gasteiger partial charge on any atom is -0.463 e. The topological polar surface area (TPSA) is 91.7 Å². The van der Waals surface area contributed by atoms with E-state index in [4.69, 9.17) is 4.42 Å². The zero-order chi connectivity index (χ0) is 19.1. The second-order valence-electron chi connectivity index (χ2n) is 6.03. The van der Waals surface area contributed by atoms with Crippen molar-refractivity contribution in [2.75, 3.05) is 11.9 Å². The predicted octanol–water partition coefficient (Wildman–Crippen LogP) is 2.27. The van der Waals surface area contributed by atoms with Crippen LogP contribution in [-0.4, -0.2) is 29.3 Å². The van der Waals surface area contributed by atoms with Gasteiger partial charge < -0.3 is 15.1 Å². The van der Waals surface area contributed by atoms with Crippen molar-refractivity contribution in [2.45, 2.75) is 19.4 Å². The summed E-state index contributed by atoms with van der Waals surface area (Å²) in [5, 5.41) is 4.62. The van der Waals surface area contributed by atoms with Gasteiger partial charge in [-0.3, -0.25) is 14.5 Å². The number of amides is 4. The van der Waals surface area contributed by atoms with E-state index in [0.717, 1.165) is 18.2 Å². The highest BCUT2D eigenvalue weighted by atomic mass is 19.1. The summed E-state index contributed by atoms with van der Waals surface area (Å²) in [6.45, 7) is 2.48. The van der Waals surface area contributed by atoms with Crippen LogP contribution >= 0.6 is 0 Å². The SMILES string of the molecule is Cc1ccc(C2(C)NC(=O)N(CC(=O)Nc3cc(F)ccc3F)C2=O)o1. The lowest BCUT2D eigenvalue weighted by Crippen LogP contribution is -2.42. The molecule has 3 rings (SSSR count). The van der Waals surface area contributed by atoms with Crippen LogP contribution in [0.1, 0.15) is 18.4 Å². The van der Waals surface area contributed by atoms with Crippen molar-refractivity contribution in [3.05, 3.63) is 53.5 Å². The molecule has 7 nitrogen and oxygen atoms in total. The van der Waals surface area contributed by atoms with Crippen molar-refractivity contribution in [2.24, 2.45) is 0 Å². The molecule has 26 heavy (non-hydrogen) atoms. The number of imide groups is 1. The molecule has 0 bridgehead atoms. The number of carbonyl (C=O) groups excluding carboxylic acids is 3. The second kappa shape index (κ2) is 6.25. The Bertz CT molecular complexity index is 911. The number of carbonyl (C=O) groups is 3. The van der Waals surface area contributed by atoms with Crippen LogP contribution in [0.15, 0.2) is 34.7 Å². The summed E-state index contributed by atoms with van der Waals surface area (Å²) in [5.41, 5.74) is -1.83. The number of nitrogens with one attached hydrogen (secondary N) is 2. The molecule has 1 aromatic carbocycles. The Morgan fingerprint density at radius 3 is 2.65 bits per heavy atom. The molecule has 1 unspecified atom stereocenters. The molecular weight excluding hydrogens is 348 g/mol. The number of rotatable bonds is 4. The summed E-state index contributed by atoms with van der Waals surface area (Å²) in [6.07, 6.45) is 0. The van der Waals surface area contributed by atoms with Crippen molar-refractivity contribution in [3.63, 3.8) is 0 Å². The van der Waals surface area contributed by atoms with E-state index >= 15 is 0 Å². The van der Waals surface area contributed by atoms with E-state index in [2.05, 4.69) is 10.6 Å². The normalized spacial score (nSPS) is 19.6. The first-order valence-electron chi connectivity index (χ1n) is 7.66. The number of benzene rings is 1. The van der Waals surface area contributed by atoms with Gasteiger partial charge in [0.25, 0.3) is 5.91 Å². The van der Waals surface area contributed by atoms with Gasteiger partial charge in [-0.2, -0.15) is 0 Å². The number of hydrogen-bond acceptors (Lipinski definition) is 4. The number of furan rings is 1. The van der Waals surface area contributed by atoms with Gasteiger partial charge in [0.05, 0.1) is 5.69 Å². The predicted molar refractivity (Wildman–Crippen MR) is 86.0 cm³/mol. The van der Waals surface area contributed by atoms with E-state index in [-0.39, 0.29) is 11.4 Å². The van der Waals surface area contributed by atoms with Crippen LogP contribution in [0.3, 0.4) is 0 Å². The number of anilines is 1. The molecule has 9 heteroatoms. The summed E-state index contributed by atoms with van der Waals surface area (Å²) in [5.74, 6) is -2.33. The maximum absolute atomic E-state index is 13.6. The molecule has 1 atom stereocenters. The van der Waals surface area contributed by atoms with Crippen LogP contribution < -0.4 is 10.6 Å². The third kappa shape index (κ3) is 3.03. The fourth-order valence-electron chi connectivity index (χ4n) is 2.64. The molecule has 0 radical (unpaired) electrons. The average molecular weight is 363 g/mol. The first-order chi connectivity index (χ1) is 12.2. The maximum Gasteiger partial charge on any atom is 0.325 e. The quantitative estimate of drug-likeness (QED) is 0.815. The van der Waals surface area contributed by atoms with Gasteiger partial charge in [-0.15, -0.1) is 0 Å². The van der Waals surface area contributed by atoms with Gasteiger partial charge in [0.1, 0.15) is 29.7 Å². The molecule has 1 fully saturated rings. The molecule has 2 N–H and O–H groups in total. The molecule has 0 aliphatic carbocycles. The monoisotopic (exact) mass is 363 g/mol. The van der Waals surface area contributed by atoms with Crippen molar-refractivity contribution >= 4 is 23.5 Å². The van der Waals surface area contributed by atoms with Crippen molar-refractivity contribution in [1.82, 2.24) is 10.2 Å². The van der Waals surface area contributed by atoms with E-state index in [9.17, 15) is 23.2 Å². The van der Waals surface area contributed by atoms with Crippen LogP contribution in [0.25, 0.3) is 0 Å². The van der Waals surface area contributed by atoms with Gasteiger partial charge in [-0.25, -0.2) is 13.6 Å². The maximum atomic E-state index is 13.6. The lowest BCUT2D eigenvalue weighted by atomic mass is 9.99. The number of halogens is 2. The zero-order valence-electron chi connectivity index (χ0n) is 13.9. The number of nitrogens with zero attached hydrogens (tertiary/aromatic N) is 1. The number of aryl methyl sites for hydroxylation is 1. The molecule has 2 aromatic rings. The lowest BCUT2D eigenvalue weighted by Gasteiger charge is -2.19.